The molecule has 8 nitrogen and oxygen atoms in total. The van der Waals surface area contributed by atoms with Crippen molar-refractivity contribution in [1.29, 1.82) is 0 Å². The average molecular weight is 417 g/mol. The Kier molecular flexibility index (Phi) is 5.69. The van der Waals surface area contributed by atoms with Crippen molar-refractivity contribution >= 4 is 62.6 Å². The molecule has 3 amide bonds. The number of non-ortho nitro benzene ring substituents is 1. The van der Waals surface area contributed by atoms with Crippen LogP contribution < -0.4 is 4.90 Å². The molecule has 0 spiro atoms. The quantitative estimate of drug-likeness (QED) is 0.242. The first-order chi connectivity index (χ1) is 12.4. The fourth-order valence-corrected chi connectivity index (χ4v) is 3.86. The van der Waals surface area contributed by atoms with Crippen molar-refractivity contribution in [3.63, 3.8) is 0 Å². The van der Waals surface area contributed by atoms with Crippen molar-refractivity contribution in [2.24, 2.45) is 4.40 Å². The van der Waals surface area contributed by atoms with Crippen LogP contribution in [-0.2, 0) is 4.79 Å². The molecule has 1 aliphatic carbocycles. The highest BCUT2D eigenvalue weighted by molar-refractivity contribution is 8.20. The smallest absolute Gasteiger partial charge is 0.269 e. The normalized spacial score (nSPS) is 25.2. The molecule has 0 N–H and O–H groups in total. The minimum Gasteiger partial charge on any atom is -0.269 e. The third-order valence-corrected chi connectivity index (χ3v) is 5.34. The standard InChI is InChI=1S/C15H14Cl2N4O4S/c16-9-1-3-10(4-2-9)19-13(18-26-17)14(22)20(15(19)23)11-5-7-12(8-6-11)21(24)25/h5-10H,1-4H2/b18-13-. The first kappa shape index (κ1) is 18.9. The number of rotatable bonds is 4. The Morgan fingerprint density at radius 1 is 1.15 bits per heavy atom. The highest BCUT2D eigenvalue weighted by atomic mass is 35.7. The number of hydrogen-bond acceptors (Lipinski definition) is 6. The molecule has 1 heterocycles. The molecule has 2 fully saturated rings. The molecule has 26 heavy (non-hydrogen) atoms. The molecule has 1 saturated heterocycles. The van der Waals surface area contributed by atoms with E-state index >= 15 is 0 Å². The Balaban J connectivity index is 1.92. The number of amides is 3. The van der Waals surface area contributed by atoms with Gasteiger partial charge in [-0.2, -0.15) is 4.40 Å². The number of nitrogens with zero attached hydrogens (tertiary/aromatic N) is 4. The molecule has 1 aliphatic heterocycles. The van der Waals surface area contributed by atoms with Crippen molar-refractivity contribution in [3.8, 4) is 0 Å². The van der Waals surface area contributed by atoms with Crippen molar-refractivity contribution in [1.82, 2.24) is 4.90 Å². The number of hydrogen-bond donors (Lipinski definition) is 0. The lowest BCUT2D eigenvalue weighted by molar-refractivity contribution is -0.384. The van der Waals surface area contributed by atoms with Crippen LogP contribution in [0.1, 0.15) is 25.7 Å². The van der Waals surface area contributed by atoms with Crippen molar-refractivity contribution < 1.29 is 14.5 Å². The van der Waals surface area contributed by atoms with Gasteiger partial charge in [-0.3, -0.25) is 19.8 Å². The topological polar surface area (TPSA) is 96.1 Å². The van der Waals surface area contributed by atoms with Gasteiger partial charge in [0.1, 0.15) is 0 Å². The number of imide groups is 1. The lowest BCUT2D eigenvalue weighted by atomic mass is 9.94. The number of benzene rings is 1. The summed E-state index contributed by atoms with van der Waals surface area (Å²) in [6.45, 7) is 0. The number of nitro benzene ring substituents is 1. The fraction of sp³-hybridized carbons (Fsp3) is 0.400. The van der Waals surface area contributed by atoms with Gasteiger partial charge < -0.3 is 0 Å². The second kappa shape index (κ2) is 7.81. The van der Waals surface area contributed by atoms with E-state index in [9.17, 15) is 19.7 Å². The molecule has 0 bridgehead atoms. The maximum Gasteiger partial charge on any atom is 0.337 e. The van der Waals surface area contributed by atoms with Gasteiger partial charge in [0.15, 0.2) is 0 Å². The summed E-state index contributed by atoms with van der Waals surface area (Å²) in [5, 5.41) is 10.9. The first-order valence-electron chi connectivity index (χ1n) is 7.86. The van der Waals surface area contributed by atoms with Crippen LogP contribution in [-0.4, -0.2) is 39.0 Å². The second-order valence-corrected chi connectivity index (χ2v) is 7.31. The van der Waals surface area contributed by atoms with Crippen LogP contribution in [0.25, 0.3) is 0 Å². The number of nitro groups is 1. The zero-order valence-corrected chi connectivity index (χ0v) is 15.7. The van der Waals surface area contributed by atoms with E-state index in [0.29, 0.717) is 24.0 Å². The van der Waals surface area contributed by atoms with Crippen LogP contribution in [0, 0.1) is 10.1 Å². The summed E-state index contributed by atoms with van der Waals surface area (Å²) >= 11 is 6.70. The van der Waals surface area contributed by atoms with Gasteiger partial charge in [-0.15, -0.1) is 11.6 Å². The first-order valence-corrected chi connectivity index (χ1v) is 9.89. The van der Waals surface area contributed by atoms with E-state index in [1.54, 1.807) is 0 Å². The van der Waals surface area contributed by atoms with Crippen LogP contribution in [0.3, 0.4) is 0 Å². The number of carbonyl (C=O) groups excluding carboxylic acids is 2. The summed E-state index contributed by atoms with van der Waals surface area (Å²) in [5.74, 6) is -0.642. The highest BCUT2D eigenvalue weighted by Gasteiger charge is 2.47. The third kappa shape index (κ3) is 3.51. The third-order valence-electron chi connectivity index (χ3n) is 4.45. The van der Waals surface area contributed by atoms with E-state index in [4.69, 9.17) is 22.3 Å². The van der Waals surface area contributed by atoms with E-state index < -0.39 is 16.9 Å². The molecular formula is C15H14Cl2N4O4S. The average Bonchev–Trinajstić information content (AvgIpc) is 2.87. The lowest BCUT2D eigenvalue weighted by Gasteiger charge is -2.31. The summed E-state index contributed by atoms with van der Waals surface area (Å²) in [4.78, 5) is 38.2. The number of alkyl halides is 1. The van der Waals surface area contributed by atoms with Crippen LogP contribution in [0.5, 0.6) is 0 Å². The monoisotopic (exact) mass is 416 g/mol. The number of halogens is 2. The molecule has 1 aromatic rings. The molecule has 0 unspecified atom stereocenters. The Morgan fingerprint density at radius 2 is 1.77 bits per heavy atom. The van der Waals surface area contributed by atoms with Gasteiger partial charge in [0.05, 0.1) is 21.8 Å². The van der Waals surface area contributed by atoms with Gasteiger partial charge in [0.25, 0.3) is 5.69 Å². The molecule has 138 valence electrons. The molecule has 1 saturated carbocycles. The van der Waals surface area contributed by atoms with Crippen molar-refractivity contribution in [2.45, 2.75) is 37.1 Å². The van der Waals surface area contributed by atoms with Crippen molar-refractivity contribution in [3.05, 3.63) is 34.4 Å². The summed E-state index contributed by atoms with van der Waals surface area (Å²) in [6, 6.07) is 4.48. The van der Waals surface area contributed by atoms with E-state index in [0.717, 1.165) is 17.7 Å². The van der Waals surface area contributed by atoms with Gasteiger partial charge in [0.2, 0.25) is 5.84 Å². The zero-order valence-electron chi connectivity index (χ0n) is 13.4. The Labute approximate surface area is 162 Å². The SMILES string of the molecule is O=C1/C(=N/SCl)N(C2CCC(Cl)CC2)C(=O)N1c1ccc([N+](=O)[O-])cc1. The molecule has 1 aromatic carbocycles. The van der Waals surface area contributed by atoms with Gasteiger partial charge in [-0.1, -0.05) is 0 Å². The van der Waals surface area contributed by atoms with E-state index in [1.165, 1.54) is 29.2 Å². The summed E-state index contributed by atoms with van der Waals surface area (Å²) in [5.41, 5.74) is 0.113. The molecule has 0 radical (unpaired) electrons. The molecule has 2 aliphatic rings. The largest absolute Gasteiger partial charge is 0.337 e. The van der Waals surface area contributed by atoms with Crippen LogP contribution in [0.4, 0.5) is 16.2 Å². The van der Waals surface area contributed by atoms with Gasteiger partial charge in [-0.05, 0) is 48.5 Å². The maximum absolute atomic E-state index is 12.9. The number of urea groups is 1. The minimum atomic E-state index is -0.606. The fourth-order valence-electron chi connectivity index (χ4n) is 3.18. The molecular weight excluding hydrogens is 403 g/mol. The minimum absolute atomic E-state index is 0.0358. The molecule has 0 atom stereocenters. The van der Waals surface area contributed by atoms with Gasteiger partial charge >= 0.3 is 11.9 Å². The predicted molar refractivity (Wildman–Crippen MR) is 101 cm³/mol. The highest BCUT2D eigenvalue weighted by Crippen LogP contribution is 2.33. The molecule has 11 heteroatoms. The van der Waals surface area contributed by atoms with Crippen LogP contribution in [0.2, 0.25) is 0 Å². The summed E-state index contributed by atoms with van der Waals surface area (Å²) in [7, 11) is 5.60. The van der Waals surface area contributed by atoms with E-state index in [2.05, 4.69) is 4.40 Å². The van der Waals surface area contributed by atoms with Crippen LogP contribution in [0.15, 0.2) is 28.7 Å². The van der Waals surface area contributed by atoms with Gasteiger partial charge in [0, 0.05) is 23.6 Å². The summed E-state index contributed by atoms with van der Waals surface area (Å²) < 4.78 is 3.92. The molecule has 3 rings (SSSR count). The lowest BCUT2D eigenvalue weighted by Crippen LogP contribution is -2.43. The number of anilines is 1. The Bertz CT molecular complexity index is 765. The second-order valence-electron chi connectivity index (χ2n) is 5.96. The van der Waals surface area contributed by atoms with Crippen LogP contribution >= 0.6 is 33.4 Å². The van der Waals surface area contributed by atoms with Gasteiger partial charge in [-0.25, -0.2) is 9.69 Å². The number of carbonyl (C=O) groups is 2. The zero-order chi connectivity index (χ0) is 18.8. The summed E-state index contributed by atoms with van der Waals surface area (Å²) in [6.07, 6.45) is 2.80. The Hall–Kier alpha value is -1.84. The maximum atomic E-state index is 12.9. The molecule has 0 aromatic heterocycles. The van der Waals surface area contributed by atoms with E-state index in [-0.39, 0.29) is 28.6 Å². The van der Waals surface area contributed by atoms with E-state index in [1.807, 2.05) is 0 Å². The Morgan fingerprint density at radius 3 is 2.31 bits per heavy atom. The number of amidine groups is 1. The van der Waals surface area contributed by atoms with Crippen molar-refractivity contribution in [2.75, 3.05) is 4.90 Å². The predicted octanol–water partition coefficient (Wildman–Crippen LogP) is 4.11.